The lowest BCUT2D eigenvalue weighted by molar-refractivity contribution is 0.103. The fourth-order valence-electron chi connectivity index (χ4n) is 2.45. The molecule has 2 aromatic carbocycles. The largest absolute Gasteiger partial charge is 0.297 e. The van der Waals surface area contributed by atoms with Crippen LogP contribution < -0.4 is 10.5 Å². The molecule has 0 aliphatic rings. The molecule has 26 heavy (non-hydrogen) atoms. The summed E-state index contributed by atoms with van der Waals surface area (Å²) in [4.78, 5) is 17.3. The van der Waals surface area contributed by atoms with Crippen LogP contribution in [0, 0.1) is 0 Å². The molecule has 4 aromatic rings. The topological polar surface area (TPSA) is 102 Å². The number of amides is 1. The molecule has 0 aliphatic carbocycles. The van der Waals surface area contributed by atoms with Crippen molar-refractivity contribution in [1.29, 1.82) is 0 Å². The maximum Gasteiger partial charge on any atom is 0.269 e. The zero-order chi connectivity index (χ0) is 18.5. The van der Waals surface area contributed by atoms with Crippen LogP contribution >= 0.6 is 34.3 Å². The third-order valence-electron chi connectivity index (χ3n) is 3.65. The zero-order valence-electron chi connectivity index (χ0n) is 12.9. The van der Waals surface area contributed by atoms with Crippen LogP contribution in [0.25, 0.3) is 20.3 Å². The zero-order valence-corrected chi connectivity index (χ0v) is 16.1. The van der Waals surface area contributed by atoms with Gasteiger partial charge in [-0.2, -0.15) is 0 Å². The van der Waals surface area contributed by atoms with E-state index in [1.54, 1.807) is 6.07 Å². The van der Waals surface area contributed by atoms with E-state index in [2.05, 4.69) is 10.3 Å². The van der Waals surface area contributed by atoms with Crippen LogP contribution in [0.1, 0.15) is 9.67 Å². The molecule has 0 bridgehead atoms. The number of thiophene rings is 1. The maximum absolute atomic E-state index is 12.6. The molecule has 4 rings (SSSR count). The number of halogens is 1. The Morgan fingerprint density at radius 2 is 1.88 bits per heavy atom. The van der Waals surface area contributed by atoms with Crippen LogP contribution in [-0.4, -0.2) is 19.3 Å². The molecule has 3 N–H and O–H groups in total. The maximum atomic E-state index is 12.6. The van der Waals surface area contributed by atoms with E-state index in [0.29, 0.717) is 25.2 Å². The van der Waals surface area contributed by atoms with Crippen molar-refractivity contribution in [1.82, 2.24) is 4.98 Å². The van der Waals surface area contributed by atoms with Gasteiger partial charge >= 0.3 is 0 Å². The summed E-state index contributed by atoms with van der Waals surface area (Å²) in [5.41, 5.74) is 0.570. The SMILES string of the molecule is NS(=O)(=O)c1ccc2nc(NC(=O)c3sc4ccccc4c3Cl)sc2c1. The van der Waals surface area contributed by atoms with Gasteiger partial charge in [-0.05, 0) is 24.3 Å². The van der Waals surface area contributed by atoms with Gasteiger partial charge in [0.2, 0.25) is 10.0 Å². The third kappa shape index (κ3) is 3.08. The summed E-state index contributed by atoms with van der Waals surface area (Å²) >= 11 is 8.78. The molecular formula is C16H10ClN3O3S3. The van der Waals surface area contributed by atoms with Gasteiger partial charge in [0.25, 0.3) is 5.91 Å². The van der Waals surface area contributed by atoms with Crippen molar-refractivity contribution in [2.24, 2.45) is 5.14 Å². The molecule has 0 spiro atoms. The van der Waals surface area contributed by atoms with Crippen molar-refractivity contribution in [3.63, 3.8) is 0 Å². The van der Waals surface area contributed by atoms with Crippen molar-refractivity contribution < 1.29 is 13.2 Å². The van der Waals surface area contributed by atoms with Crippen molar-refractivity contribution in [2.75, 3.05) is 5.32 Å². The highest BCUT2D eigenvalue weighted by Gasteiger charge is 2.19. The summed E-state index contributed by atoms with van der Waals surface area (Å²) in [6, 6.07) is 11.9. The minimum Gasteiger partial charge on any atom is -0.297 e. The number of carbonyl (C=O) groups is 1. The fourth-order valence-corrected chi connectivity index (χ4v) is 5.38. The summed E-state index contributed by atoms with van der Waals surface area (Å²) in [6.45, 7) is 0. The van der Waals surface area contributed by atoms with Gasteiger partial charge in [0, 0.05) is 10.1 Å². The average Bonchev–Trinajstić information content (AvgIpc) is 3.14. The number of nitrogens with one attached hydrogen (secondary N) is 1. The molecule has 0 saturated heterocycles. The molecule has 0 radical (unpaired) electrons. The lowest BCUT2D eigenvalue weighted by atomic mass is 10.2. The highest BCUT2D eigenvalue weighted by Crippen LogP contribution is 2.36. The van der Waals surface area contributed by atoms with Gasteiger partial charge in [-0.25, -0.2) is 18.5 Å². The number of nitrogens with zero attached hydrogens (tertiary/aromatic N) is 1. The molecule has 2 aromatic heterocycles. The number of primary sulfonamides is 1. The Hall–Kier alpha value is -2.04. The van der Waals surface area contributed by atoms with Crippen LogP contribution in [0.3, 0.4) is 0 Å². The van der Waals surface area contributed by atoms with E-state index in [4.69, 9.17) is 16.7 Å². The van der Waals surface area contributed by atoms with Crippen LogP contribution in [0.2, 0.25) is 5.02 Å². The number of fused-ring (bicyclic) bond motifs is 2. The third-order valence-corrected chi connectivity index (χ3v) is 7.17. The number of benzene rings is 2. The van der Waals surface area contributed by atoms with Crippen LogP contribution in [0.15, 0.2) is 47.4 Å². The Balaban J connectivity index is 1.67. The first kappa shape index (κ1) is 17.4. The van der Waals surface area contributed by atoms with Crippen molar-refractivity contribution in [3.05, 3.63) is 52.4 Å². The highest BCUT2D eigenvalue weighted by molar-refractivity contribution is 7.89. The van der Waals surface area contributed by atoms with Gasteiger partial charge in [-0.3, -0.25) is 10.1 Å². The van der Waals surface area contributed by atoms with Crippen molar-refractivity contribution in [2.45, 2.75) is 4.90 Å². The van der Waals surface area contributed by atoms with Crippen molar-refractivity contribution in [3.8, 4) is 0 Å². The first-order chi connectivity index (χ1) is 12.3. The molecule has 0 atom stereocenters. The molecule has 1 amide bonds. The summed E-state index contributed by atoms with van der Waals surface area (Å²) < 4.78 is 24.4. The van der Waals surface area contributed by atoms with Gasteiger partial charge in [0.15, 0.2) is 5.13 Å². The highest BCUT2D eigenvalue weighted by atomic mass is 35.5. The minimum atomic E-state index is -3.80. The van der Waals surface area contributed by atoms with E-state index in [1.807, 2.05) is 24.3 Å². The lowest BCUT2D eigenvalue weighted by Gasteiger charge is -1.98. The van der Waals surface area contributed by atoms with Crippen molar-refractivity contribution >= 4 is 75.6 Å². The lowest BCUT2D eigenvalue weighted by Crippen LogP contribution is -2.11. The number of aromatic nitrogens is 1. The number of rotatable bonds is 3. The second-order valence-corrected chi connectivity index (χ2v) is 9.41. The molecule has 0 saturated carbocycles. The first-order valence-corrected chi connectivity index (χ1v) is 10.8. The molecule has 0 unspecified atom stereocenters. The summed E-state index contributed by atoms with van der Waals surface area (Å²) in [5, 5.41) is 9.44. The van der Waals surface area contributed by atoms with Gasteiger partial charge in [-0.1, -0.05) is 41.1 Å². The number of anilines is 1. The minimum absolute atomic E-state index is 0.000854. The normalized spacial score (nSPS) is 11.9. The van der Waals surface area contributed by atoms with Crippen LogP contribution in [0.4, 0.5) is 5.13 Å². The summed E-state index contributed by atoms with van der Waals surface area (Å²) in [7, 11) is -3.80. The second-order valence-electron chi connectivity index (χ2n) is 5.39. The van der Waals surface area contributed by atoms with E-state index in [0.717, 1.165) is 21.4 Å². The van der Waals surface area contributed by atoms with E-state index in [1.165, 1.54) is 23.5 Å². The quantitative estimate of drug-likeness (QED) is 0.518. The number of sulfonamides is 1. The Kier molecular flexibility index (Phi) is 4.20. The average molecular weight is 424 g/mol. The predicted octanol–water partition coefficient (Wildman–Crippen LogP) is 4.06. The predicted molar refractivity (Wildman–Crippen MR) is 106 cm³/mol. The standard InChI is InChI=1S/C16H10ClN3O3S3/c17-13-9-3-1-2-4-11(9)24-14(13)15(21)20-16-19-10-6-5-8(26(18,22)23)7-12(10)25-16/h1-7H,(H2,18,22,23)(H,19,20,21). The second kappa shape index (κ2) is 6.29. The van der Waals surface area contributed by atoms with Gasteiger partial charge in [-0.15, -0.1) is 11.3 Å². The van der Waals surface area contributed by atoms with E-state index in [9.17, 15) is 13.2 Å². The molecule has 132 valence electrons. The van der Waals surface area contributed by atoms with Gasteiger partial charge in [0.1, 0.15) is 4.88 Å². The number of carbonyl (C=O) groups excluding carboxylic acids is 1. The summed E-state index contributed by atoms with van der Waals surface area (Å²) in [6.07, 6.45) is 0. The van der Waals surface area contributed by atoms with Gasteiger partial charge < -0.3 is 0 Å². The number of hydrogen-bond acceptors (Lipinski definition) is 6. The molecule has 10 heteroatoms. The Labute approximate surface area is 161 Å². The number of nitrogens with two attached hydrogens (primary N) is 1. The van der Waals surface area contributed by atoms with E-state index >= 15 is 0 Å². The Morgan fingerprint density at radius 1 is 1.12 bits per heavy atom. The molecule has 0 fully saturated rings. The molecule has 0 aliphatic heterocycles. The monoisotopic (exact) mass is 423 g/mol. The first-order valence-electron chi connectivity index (χ1n) is 7.25. The van der Waals surface area contributed by atoms with E-state index < -0.39 is 10.0 Å². The van der Waals surface area contributed by atoms with Crippen LogP contribution in [0.5, 0.6) is 0 Å². The Morgan fingerprint density at radius 3 is 2.62 bits per heavy atom. The molecular weight excluding hydrogens is 414 g/mol. The van der Waals surface area contributed by atoms with Gasteiger partial charge in [0.05, 0.1) is 20.1 Å². The smallest absolute Gasteiger partial charge is 0.269 e. The molecule has 2 heterocycles. The number of hydrogen-bond donors (Lipinski definition) is 2. The number of thiazole rings is 1. The Bertz CT molecular complexity index is 1280. The fraction of sp³-hybridized carbons (Fsp3) is 0. The van der Waals surface area contributed by atoms with Crippen LogP contribution in [-0.2, 0) is 10.0 Å². The molecule has 6 nitrogen and oxygen atoms in total. The summed E-state index contributed by atoms with van der Waals surface area (Å²) in [5.74, 6) is -0.359. The van der Waals surface area contributed by atoms with E-state index in [-0.39, 0.29) is 10.8 Å².